The summed E-state index contributed by atoms with van der Waals surface area (Å²) in [6, 6.07) is 12.3. The van der Waals surface area contributed by atoms with Crippen molar-refractivity contribution < 1.29 is 9.53 Å². The molecule has 0 aliphatic heterocycles. The number of hydrogen-bond acceptors (Lipinski definition) is 5. The SMILES string of the molecule is COc1ccc(NC(=O)C(C)Sc2n[nH]c(-c3ccc(Cl)cc3)n2)cc1Cl. The molecule has 0 radical (unpaired) electrons. The quantitative estimate of drug-likeness (QED) is 0.551. The zero-order valence-electron chi connectivity index (χ0n) is 14.5. The Balaban J connectivity index is 1.63. The molecule has 1 heterocycles. The van der Waals surface area contributed by atoms with Gasteiger partial charge in [0, 0.05) is 16.3 Å². The Hall–Kier alpha value is -2.22. The highest BCUT2D eigenvalue weighted by molar-refractivity contribution is 8.00. The van der Waals surface area contributed by atoms with Crippen LogP contribution in [-0.2, 0) is 4.79 Å². The van der Waals surface area contributed by atoms with Gasteiger partial charge in [-0.1, -0.05) is 35.0 Å². The second-order valence-corrected chi connectivity index (χ2v) is 7.72. The van der Waals surface area contributed by atoms with Gasteiger partial charge in [-0.25, -0.2) is 4.98 Å². The largest absolute Gasteiger partial charge is 0.495 e. The molecule has 0 aliphatic rings. The van der Waals surface area contributed by atoms with Crippen molar-refractivity contribution in [2.45, 2.75) is 17.3 Å². The molecule has 0 aliphatic carbocycles. The fraction of sp³-hybridized carbons (Fsp3) is 0.167. The Morgan fingerprint density at radius 2 is 1.96 bits per heavy atom. The highest BCUT2D eigenvalue weighted by atomic mass is 35.5. The van der Waals surface area contributed by atoms with Crippen LogP contribution in [0.15, 0.2) is 47.6 Å². The van der Waals surface area contributed by atoms with E-state index in [2.05, 4.69) is 20.5 Å². The summed E-state index contributed by atoms with van der Waals surface area (Å²) in [5, 5.41) is 11.0. The third-order valence-corrected chi connectivity index (χ3v) is 5.16. The first kappa shape index (κ1) is 19.5. The predicted octanol–water partition coefficient (Wildman–Crippen LogP) is 4.91. The highest BCUT2D eigenvalue weighted by Crippen LogP contribution is 2.28. The number of amides is 1. The molecule has 1 unspecified atom stereocenters. The van der Waals surface area contributed by atoms with Gasteiger partial charge < -0.3 is 10.1 Å². The lowest BCUT2D eigenvalue weighted by atomic mass is 10.2. The lowest BCUT2D eigenvalue weighted by Gasteiger charge is -2.11. The number of thioether (sulfide) groups is 1. The van der Waals surface area contributed by atoms with E-state index in [0.717, 1.165) is 5.56 Å². The van der Waals surface area contributed by atoms with Crippen molar-refractivity contribution in [2.24, 2.45) is 0 Å². The molecule has 3 rings (SSSR count). The zero-order chi connectivity index (χ0) is 19.4. The minimum Gasteiger partial charge on any atom is -0.495 e. The first-order valence-corrected chi connectivity index (χ1v) is 9.59. The number of nitrogens with zero attached hydrogens (tertiary/aromatic N) is 2. The van der Waals surface area contributed by atoms with Crippen molar-refractivity contribution in [1.29, 1.82) is 0 Å². The summed E-state index contributed by atoms with van der Waals surface area (Å²) in [7, 11) is 1.54. The topological polar surface area (TPSA) is 79.9 Å². The zero-order valence-corrected chi connectivity index (χ0v) is 16.8. The number of aromatic amines is 1. The van der Waals surface area contributed by atoms with E-state index in [1.807, 2.05) is 12.1 Å². The van der Waals surface area contributed by atoms with Crippen molar-refractivity contribution in [3.63, 3.8) is 0 Å². The summed E-state index contributed by atoms with van der Waals surface area (Å²) < 4.78 is 5.10. The summed E-state index contributed by atoms with van der Waals surface area (Å²) in [5.41, 5.74) is 1.46. The molecule has 3 aromatic rings. The number of rotatable bonds is 6. The fourth-order valence-corrected chi connectivity index (χ4v) is 3.34. The molecule has 27 heavy (non-hydrogen) atoms. The average Bonchev–Trinajstić information content (AvgIpc) is 3.11. The van der Waals surface area contributed by atoms with E-state index in [9.17, 15) is 4.79 Å². The Bertz CT molecular complexity index is 947. The number of ether oxygens (including phenoxy) is 1. The number of methoxy groups -OCH3 is 1. The second-order valence-electron chi connectivity index (χ2n) is 5.57. The number of hydrogen-bond donors (Lipinski definition) is 2. The third kappa shape index (κ3) is 4.94. The molecule has 0 fully saturated rings. The van der Waals surface area contributed by atoms with E-state index >= 15 is 0 Å². The van der Waals surface area contributed by atoms with Gasteiger partial charge in [-0.15, -0.1) is 5.10 Å². The van der Waals surface area contributed by atoms with Gasteiger partial charge in [-0.05, 0) is 49.4 Å². The first-order chi connectivity index (χ1) is 13.0. The maximum Gasteiger partial charge on any atom is 0.237 e. The standard InChI is InChI=1S/C18H16Cl2N4O2S/c1-10(17(25)21-13-7-8-15(26-2)14(20)9-13)27-18-22-16(23-24-18)11-3-5-12(19)6-4-11/h3-10H,1-2H3,(H,21,25)(H,22,23,24). The van der Waals surface area contributed by atoms with Crippen molar-refractivity contribution in [1.82, 2.24) is 15.2 Å². The predicted molar refractivity (Wildman–Crippen MR) is 109 cm³/mol. The molecule has 9 heteroatoms. The van der Waals surface area contributed by atoms with Crippen molar-refractivity contribution in [3.8, 4) is 17.1 Å². The normalized spacial score (nSPS) is 11.9. The Morgan fingerprint density at radius 3 is 2.63 bits per heavy atom. The van der Waals surface area contributed by atoms with Crippen LogP contribution in [0.1, 0.15) is 6.92 Å². The summed E-state index contributed by atoms with van der Waals surface area (Å²) in [5.74, 6) is 0.982. The van der Waals surface area contributed by atoms with Gasteiger partial charge in [0.25, 0.3) is 0 Å². The van der Waals surface area contributed by atoms with Crippen molar-refractivity contribution in [2.75, 3.05) is 12.4 Å². The van der Waals surface area contributed by atoms with E-state index in [1.54, 1.807) is 37.3 Å². The lowest BCUT2D eigenvalue weighted by Crippen LogP contribution is -2.22. The highest BCUT2D eigenvalue weighted by Gasteiger charge is 2.18. The van der Waals surface area contributed by atoms with Gasteiger partial charge in [-0.3, -0.25) is 9.89 Å². The van der Waals surface area contributed by atoms with Crippen LogP contribution in [0, 0.1) is 0 Å². The average molecular weight is 423 g/mol. The molecule has 2 aromatic carbocycles. The number of halogens is 2. The molecule has 0 saturated carbocycles. The number of carbonyl (C=O) groups excluding carboxylic acids is 1. The summed E-state index contributed by atoms with van der Waals surface area (Å²) in [6.45, 7) is 1.78. The maximum atomic E-state index is 12.4. The summed E-state index contributed by atoms with van der Waals surface area (Å²) in [4.78, 5) is 16.8. The number of nitrogens with one attached hydrogen (secondary N) is 2. The van der Waals surface area contributed by atoms with Crippen LogP contribution in [0.25, 0.3) is 11.4 Å². The number of aromatic nitrogens is 3. The van der Waals surface area contributed by atoms with E-state index in [-0.39, 0.29) is 5.91 Å². The van der Waals surface area contributed by atoms with Crippen LogP contribution in [0.3, 0.4) is 0 Å². The monoisotopic (exact) mass is 422 g/mol. The molecule has 1 aromatic heterocycles. The van der Waals surface area contributed by atoms with Gasteiger partial charge in [0.1, 0.15) is 5.75 Å². The molecular formula is C18H16Cl2N4O2S. The van der Waals surface area contributed by atoms with E-state index in [4.69, 9.17) is 27.9 Å². The minimum absolute atomic E-state index is 0.181. The molecule has 0 saturated heterocycles. The van der Waals surface area contributed by atoms with Crippen LogP contribution < -0.4 is 10.1 Å². The third-order valence-electron chi connectivity index (χ3n) is 3.65. The molecule has 6 nitrogen and oxygen atoms in total. The number of H-pyrrole nitrogens is 1. The van der Waals surface area contributed by atoms with Gasteiger partial charge in [-0.2, -0.15) is 0 Å². The van der Waals surface area contributed by atoms with E-state index in [0.29, 0.717) is 32.5 Å². The maximum absolute atomic E-state index is 12.4. The van der Waals surface area contributed by atoms with Gasteiger partial charge in [0.05, 0.1) is 17.4 Å². The minimum atomic E-state index is -0.403. The summed E-state index contributed by atoms with van der Waals surface area (Å²) in [6.07, 6.45) is 0. The number of anilines is 1. The fourth-order valence-electron chi connectivity index (χ4n) is 2.24. The van der Waals surface area contributed by atoms with Gasteiger partial charge in [0.2, 0.25) is 11.1 Å². The lowest BCUT2D eigenvalue weighted by molar-refractivity contribution is -0.115. The van der Waals surface area contributed by atoms with E-state index in [1.165, 1.54) is 18.9 Å². The van der Waals surface area contributed by atoms with Crippen molar-refractivity contribution >= 4 is 46.6 Å². The van der Waals surface area contributed by atoms with Crippen LogP contribution in [-0.4, -0.2) is 33.4 Å². The Labute approximate surface area is 170 Å². The molecule has 140 valence electrons. The van der Waals surface area contributed by atoms with Crippen LogP contribution in [0.2, 0.25) is 10.0 Å². The first-order valence-electron chi connectivity index (χ1n) is 7.95. The van der Waals surface area contributed by atoms with E-state index < -0.39 is 5.25 Å². The Kier molecular flexibility index (Phi) is 6.26. The van der Waals surface area contributed by atoms with Gasteiger partial charge in [0.15, 0.2) is 5.82 Å². The van der Waals surface area contributed by atoms with Crippen molar-refractivity contribution in [3.05, 3.63) is 52.5 Å². The summed E-state index contributed by atoms with van der Waals surface area (Å²) >= 11 is 13.2. The molecule has 1 atom stereocenters. The van der Waals surface area contributed by atoms with Crippen LogP contribution in [0.4, 0.5) is 5.69 Å². The van der Waals surface area contributed by atoms with Crippen LogP contribution in [0.5, 0.6) is 5.75 Å². The van der Waals surface area contributed by atoms with Crippen LogP contribution >= 0.6 is 35.0 Å². The smallest absolute Gasteiger partial charge is 0.237 e. The molecule has 2 N–H and O–H groups in total. The number of benzene rings is 2. The molecule has 0 spiro atoms. The molecule has 0 bridgehead atoms. The van der Waals surface area contributed by atoms with Gasteiger partial charge >= 0.3 is 0 Å². The number of carbonyl (C=O) groups is 1. The Morgan fingerprint density at radius 1 is 1.22 bits per heavy atom. The second kappa shape index (κ2) is 8.65. The molecular weight excluding hydrogens is 407 g/mol. The molecule has 1 amide bonds.